The van der Waals surface area contributed by atoms with Crippen LogP contribution in [0, 0.1) is 5.92 Å². The molecule has 2 fully saturated rings. The zero-order valence-electron chi connectivity index (χ0n) is 18.1. The lowest BCUT2D eigenvalue weighted by molar-refractivity contribution is -0.201. The van der Waals surface area contributed by atoms with E-state index in [2.05, 4.69) is 16.8 Å². The normalized spacial score (nSPS) is 36.9. The summed E-state index contributed by atoms with van der Waals surface area (Å²) in [6.45, 7) is 4.54. The molecule has 5 N–H and O–H groups in total. The minimum Gasteiger partial charge on any atom is -0.387 e. The number of hydrogen-bond acceptors (Lipinski definition) is 8. The second-order valence-electron chi connectivity index (χ2n) is 8.30. The first-order chi connectivity index (χ1) is 14.4. The van der Waals surface area contributed by atoms with Gasteiger partial charge in [0, 0.05) is 6.54 Å². The molecular formula is C18H34ClN2O8PS. The smallest absolute Gasteiger partial charge is 0.387 e. The van der Waals surface area contributed by atoms with Crippen LogP contribution in [0.5, 0.6) is 0 Å². The van der Waals surface area contributed by atoms with Gasteiger partial charge in [-0.3, -0.25) is 14.2 Å². The Hall–Kier alpha value is 0.0600. The number of likely N-dealkylation sites (tertiary alicyclic amines) is 1. The Kier molecular flexibility index (Phi) is 10.1. The molecule has 2 saturated heterocycles. The van der Waals surface area contributed by atoms with E-state index >= 15 is 0 Å². The van der Waals surface area contributed by atoms with E-state index in [1.165, 1.54) is 0 Å². The summed E-state index contributed by atoms with van der Waals surface area (Å²) in [6.07, 6.45) is -1.47. The van der Waals surface area contributed by atoms with E-state index in [4.69, 9.17) is 16.3 Å². The Morgan fingerprint density at radius 1 is 1.39 bits per heavy atom. The van der Waals surface area contributed by atoms with Gasteiger partial charge in [-0.05, 0) is 39.0 Å². The van der Waals surface area contributed by atoms with Gasteiger partial charge in [0.25, 0.3) is 0 Å². The number of rotatable bonds is 9. The summed E-state index contributed by atoms with van der Waals surface area (Å²) < 4.78 is 21.8. The quantitative estimate of drug-likeness (QED) is 0.222. The average Bonchev–Trinajstić information content (AvgIpc) is 3.03. The zero-order valence-corrected chi connectivity index (χ0v) is 20.6. The number of phosphoric ester groups is 1. The number of aliphatic hydroxyl groups is 2. The highest BCUT2D eigenvalue weighted by atomic mass is 35.5. The molecule has 10 nitrogen and oxygen atoms in total. The number of alkyl halides is 1. The van der Waals surface area contributed by atoms with Gasteiger partial charge < -0.3 is 30.1 Å². The van der Waals surface area contributed by atoms with Crippen LogP contribution < -0.4 is 5.32 Å². The predicted molar refractivity (Wildman–Crippen MR) is 118 cm³/mol. The lowest BCUT2D eigenvalue weighted by Gasteiger charge is -2.45. The Balaban J connectivity index is 2.20. The van der Waals surface area contributed by atoms with E-state index in [0.717, 1.165) is 31.1 Å². The molecule has 2 aliphatic rings. The SMILES string of the molecule is CCC[C@@H]1C[C@@H](C(=O)N[C@@H]([C@H]2O[C@H](SC)[C@H](O)[C@@H](OP(=O)(O)O)[C@H]2O)[C@@H](C)Cl)N(C)C1. The fourth-order valence-corrected chi connectivity index (χ4v) is 5.83. The highest BCUT2D eigenvalue weighted by Gasteiger charge is 2.51. The predicted octanol–water partition coefficient (Wildman–Crippen LogP) is 0.506. The number of ether oxygens (including phenoxy) is 1. The Labute approximate surface area is 192 Å². The van der Waals surface area contributed by atoms with Gasteiger partial charge in [0.05, 0.1) is 17.5 Å². The van der Waals surface area contributed by atoms with Crippen molar-refractivity contribution in [3.05, 3.63) is 0 Å². The van der Waals surface area contributed by atoms with Crippen molar-refractivity contribution in [3.8, 4) is 0 Å². The van der Waals surface area contributed by atoms with Crippen LogP contribution in [0.1, 0.15) is 33.1 Å². The molecular weight excluding hydrogens is 471 g/mol. The number of aliphatic hydroxyl groups excluding tert-OH is 2. The second-order valence-corrected chi connectivity index (χ2v) is 11.1. The topological polar surface area (TPSA) is 149 Å². The lowest BCUT2D eigenvalue weighted by atomic mass is 9.92. The summed E-state index contributed by atoms with van der Waals surface area (Å²) >= 11 is 7.42. The molecule has 0 aromatic carbocycles. The number of phosphoric acid groups is 1. The van der Waals surface area contributed by atoms with Gasteiger partial charge in [0.15, 0.2) is 0 Å². The molecule has 0 radical (unpaired) electrons. The standard InChI is InChI=1S/C18H34ClN2O8PS/c1-5-6-10-7-11(21(3)8-10)17(24)20-12(9(2)19)15-13(22)16(29-30(25,26)27)14(23)18(28-15)31-4/h9-16,18,22-23H,5-8H2,1-4H3,(H,20,24)(H2,25,26,27)/t9-,10-,11+,12-,13+,14-,15-,16+,18-/m1/s1. The molecule has 0 unspecified atom stereocenters. The average molecular weight is 505 g/mol. The van der Waals surface area contributed by atoms with Crippen molar-refractivity contribution in [2.24, 2.45) is 5.92 Å². The van der Waals surface area contributed by atoms with Gasteiger partial charge in [-0.25, -0.2) is 4.57 Å². The number of likely N-dealkylation sites (N-methyl/N-ethyl adjacent to an activating group) is 1. The zero-order chi connectivity index (χ0) is 23.5. The molecule has 13 heteroatoms. The maximum absolute atomic E-state index is 13.0. The lowest BCUT2D eigenvalue weighted by Crippen LogP contribution is -2.65. The Bertz CT molecular complexity index is 656. The van der Waals surface area contributed by atoms with Crippen molar-refractivity contribution in [2.45, 2.75) is 80.4 Å². The molecule has 9 atom stereocenters. The van der Waals surface area contributed by atoms with Crippen molar-refractivity contribution in [3.63, 3.8) is 0 Å². The maximum Gasteiger partial charge on any atom is 0.470 e. The molecule has 0 saturated carbocycles. The van der Waals surface area contributed by atoms with Crippen molar-refractivity contribution < 1.29 is 38.6 Å². The number of halogens is 1. The third kappa shape index (κ3) is 7.02. The van der Waals surface area contributed by atoms with Gasteiger partial charge >= 0.3 is 7.82 Å². The highest BCUT2D eigenvalue weighted by Crippen LogP contribution is 2.43. The van der Waals surface area contributed by atoms with Crippen LogP contribution in [-0.4, -0.2) is 98.0 Å². The minimum atomic E-state index is -5.00. The molecule has 1 amide bonds. The minimum absolute atomic E-state index is 0.256. The number of carbonyl (C=O) groups is 1. The number of carbonyl (C=O) groups excluding carboxylic acids is 1. The Morgan fingerprint density at radius 2 is 2.03 bits per heavy atom. The fraction of sp³-hybridized carbons (Fsp3) is 0.944. The van der Waals surface area contributed by atoms with Gasteiger partial charge in [-0.2, -0.15) is 0 Å². The molecule has 2 rings (SSSR count). The second kappa shape index (κ2) is 11.5. The molecule has 182 valence electrons. The maximum atomic E-state index is 13.0. The summed E-state index contributed by atoms with van der Waals surface area (Å²) in [5.41, 5.74) is -0.942. The summed E-state index contributed by atoms with van der Waals surface area (Å²) in [5, 5.41) is 23.3. The van der Waals surface area contributed by atoms with Crippen molar-refractivity contribution in [2.75, 3.05) is 19.8 Å². The van der Waals surface area contributed by atoms with Crippen molar-refractivity contribution >= 4 is 37.1 Å². The third-order valence-electron chi connectivity index (χ3n) is 5.86. The summed E-state index contributed by atoms with van der Waals surface area (Å²) in [4.78, 5) is 33.4. The number of nitrogens with zero attached hydrogens (tertiary/aromatic N) is 1. The van der Waals surface area contributed by atoms with E-state index in [-0.39, 0.29) is 11.9 Å². The van der Waals surface area contributed by atoms with Crippen LogP contribution in [0.3, 0.4) is 0 Å². The third-order valence-corrected chi connectivity index (χ3v) is 7.51. The van der Waals surface area contributed by atoms with Crippen molar-refractivity contribution in [1.29, 1.82) is 0 Å². The number of thioether (sulfide) groups is 1. The number of hydrogen-bond donors (Lipinski definition) is 5. The molecule has 0 spiro atoms. The van der Waals surface area contributed by atoms with Gasteiger partial charge in [0.2, 0.25) is 5.91 Å². The van der Waals surface area contributed by atoms with E-state index in [1.54, 1.807) is 13.2 Å². The van der Waals surface area contributed by atoms with E-state index < -0.39 is 49.1 Å². The van der Waals surface area contributed by atoms with Crippen LogP contribution in [0.4, 0.5) is 0 Å². The highest BCUT2D eigenvalue weighted by molar-refractivity contribution is 7.99. The Morgan fingerprint density at radius 3 is 2.55 bits per heavy atom. The van der Waals surface area contributed by atoms with Crippen LogP contribution in [-0.2, 0) is 18.6 Å². The van der Waals surface area contributed by atoms with E-state index in [9.17, 15) is 29.4 Å². The monoisotopic (exact) mass is 504 g/mol. The van der Waals surface area contributed by atoms with Crippen molar-refractivity contribution in [1.82, 2.24) is 10.2 Å². The molecule has 0 aromatic rings. The molecule has 2 heterocycles. The molecule has 31 heavy (non-hydrogen) atoms. The van der Waals surface area contributed by atoms with Gasteiger partial charge in [0.1, 0.15) is 29.9 Å². The largest absolute Gasteiger partial charge is 0.470 e. The number of nitrogens with one attached hydrogen (secondary N) is 1. The summed E-state index contributed by atoms with van der Waals surface area (Å²) in [5.74, 6) is 0.167. The first-order valence-corrected chi connectivity index (χ1v) is 13.6. The summed E-state index contributed by atoms with van der Waals surface area (Å²) in [6, 6.07) is -1.23. The number of amides is 1. The summed E-state index contributed by atoms with van der Waals surface area (Å²) in [7, 11) is -3.12. The van der Waals surface area contributed by atoms with Crippen LogP contribution in [0.15, 0.2) is 0 Å². The van der Waals surface area contributed by atoms with E-state index in [1.807, 2.05) is 11.9 Å². The molecule has 2 aliphatic heterocycles. The molecule has 0 bridgehead atoms. The van der Waals surface area contributed by atoms with Gasteiger partial charge in [-0.1, -0.05) is 13.3 Å². The molecule has 0 aliphatic carbocycles. The van der Waals surface area contributed by atoms with Gasteiger partial charge in [-0.15, -0.1) is 23.4 Å². The van der Waals surface area contributed by atoms with Crippen LogP contribution >= 0.6 is 31.2 Å². The fourth-order valence-electron chi connectivity index (χ4n) is 4.38. The first kappa shape index (κ1) is 27.3. The first-order valence-electron chi connectivity index (χ1n) is 10.3. The molecule has 0 aromatic heterocycles. The van der Waals surface area contributed by atoms with Crippen LogP contribution in [0.25, 0.3) is 0 Å². The van der Waals surface area contributed by atoms with E-state index in [0.29, 0.717) is 12.3 Å². The van der Waals surface area contributed by atoms with Crippen LogP contribution in [0.2, 0.25) is 0 Å².